The minimum Gasteiger partial charge on any atom is -0.462 e. The van der Waals surface area contributed by atoms with Crippen LogP contribution >= 0.6 is 0 Å². The van der Waals surface area contributed by atoms with E-state index >= 15 is 0 Å². The number of benzene rings is 4. The molecular formula is C46H56O6. The largest absolute Gasteiger partial charge is 0.462 e. The highest BCUT2D eigenvalue weighted by Crippen LogP contribution is 2.27. The summed E-state index contributed by atoms with van der Waals surface area (Å²) in [4.78, 5) is 25.0. The van der Waals surface area contributed by atoms with E-state index in [1.54, 1.807) is 0 Å². The van der Waals surface area contributed by atoms with Gasteiger partial charge < -0.3 is 19.7 Å². The van der Waals surface area contributed by atoms with Gasteiger partial charge in [0, 0.05) is 5.92 Å². The highest BCUT2D eigenvalue weighted by atomic mass is 16.5. The molecule has 0 bridgehead atoms. The van der Waals surface area contributed by atoms with Gasteiger partial charge in [-0.15, -0.1) is 0 Å². The number of aliphatic hydroxyl groups is 2. The van der Waals surface area contributed by atoms with Crippen LogP contribution in [0.4, 0.5) is 0 Å². The predicted molar refractivity (Wildman–Crippen MR) is 211 cm³/mol. The van der Waals surface area contributed by atoms with E-state index in [0.717, 1.165) is 24.8 Å². The third kappa shape index (κ3) is 12.0. The summed E-state index contributed by atoms with van der Waals surface area (Å²) in [6.45, 7) is 15.4. The van der Waals surface area contributed by atoms with Gasteiger partial charge >= 0.3 is 11.9 Å². The number of unbranched alkanes of at least 4 members (excludes halogenated alkanes) is 2. The zero-order chi connectivity index (χ0) is 37.9. The van der Waals surface area contributed by atoms with E-state index in [9.17, 15) is 19.8 Å². The first-order chi connectivity index (χ1) is 24.6. The summed E-state index contributed by atoms with van der Waals surface area (Å²) in [6.07, 6.45) is 8.01. The fraction of sp³-hybridized carbons (Fsp3) is 0.391. The summed E-state index contributed by atoms with van der Waals surface area (Å²) in [5, 5.41) is 22.7. The summed E-state index contributed by atoms with van der Waals surface area (Å²) < 4.78 is 10.9. The van der Waals surface area contributed by atoms with E-state index in [1.807, 2.05) is 0 Å². The minimum atomic E-state index is -1.41. The van der Waals surface area contributed by atoms with E-state index < -0.39 is 23.1 Å². The molecule has 52 heavy (non-hydrogen) atoms. The lowest BCUT2D eigenvalue weighted by Crippen LogP contribution is -2.31. The molecule has 2 N–H and O–H groups in total. The Morgan fingerprint density at radius 1 is 0.596 bits per heavy atom. The van der Waals surface area contributed by atoms with Gasteiger partial charge in [0.15, 0.2) is 0 Å². The lowest BCUT2D eigenvalue weighted by Gasteiger charge is -2.23. The number of ether oxygens (including phenoxy) is 2. The Hall–Kier alpha value is -4.52. The van der Waals surface area contributed by atoms with Crippen molar-refractivity contribution in [2.45, 2.75) is 97.2 Å². The molecular weight excluding hydrogens is 649 g/mol. The van der Waals surface area contributed by atoms with Gasteiger partial charge in [0.2, 0.25) is 0 Å². The van der Waals surface area contributed by atoms with Crippen LogP contribution in [0.2, 0.25) is 0 Å². The van der Waals surface area contributed by atoms with Gasteiger partial charge in [0.25, 0.3) is 0 Å². The fourth-order valence-electron chi connectivity index (χ4n) is 5.88. The topological polar surface area (TPSA) is 93.1 Å². The van der Waals surface area contributed by atoms with E-state index in [4.69, 9.17) is 9.47 Å². The van der Waals surface area contributed by atoms with E-state index in [0.29, 0.717) is 12.8 Å². The third-order valence-electron chi connectivity index (χ3n) is 9.70. The Labute approximate surface area is 310 Å². The molecule has 6 nitrogen and oxygen atoms in total. The molecule has 0 fully saturated rings. The van der Waals surface area contributed by atoms with Crippen molar-refractivity contribution in [3.63, 3.8) is 0 Å². The summed E-state index contributed by atoms with van der Waals surface area (Å²) in [7, 11) is 0. The van der Waals surface area contributed by atoms with Crippen LogP contribution < -0.4 is 0 Å². The van der Waals surface area contributed by atoms with Crippen molar-refractivity contribution in [2.24, 2.45) is 5.92 Å². The summed E-state index contributed by atoms with van der Waals surface area (Å²) in [5.41, 5.74) is 4.61. The molecule has 0 saturated carbocycles. The Kier molecular flexibility index (Phi) is 14.2. The number of carbonyl (C=O) groups is 2. The highest BCUT2D eigenvalue weighted by molar-refractivity contribution is 5.90. The minimum absolute atomic E-state index is 0.0202. The molecule has 0 unspecified atom stereocenters. The van der Waals surface area contributed by atoms with Crippen molar-refractivity contribution in [3.8, 4) is 11.1 Å². The molecule has 0 radical (unpaired) electrons. The molecule has 0 aromatic heterocycles. The zero-order valence-corrected chi connectivity index (χ0v) is 31.7. The number of rotatable bonds is 19. The van der Waals surface area contributed by atoms with Crippen molar-refractivity contribution < 1.29 is 29.3 Å². The first-order valence-electron chi connectivity index (χ1n) is 18.5. The molecule has 0 spiro atoms. The molecule has 4 rings (SSSR count). The van der Waals surface area contributed by atoms with E-state index in [-0.39, 0.29) is 30.3 Å². The fourth-order valence-corrected chi connectivity index (χ4v) is 5.88. The highest BCUT2D eigenvalue weighted by Gasteiger charge is 2.28. The Bertz CT molecular complexity index is 1780. The smallest absolute Gasteiger partial charge is 0.336 e. The molecule has 0 aliphatic heterocycles. The number of hydrogen-bond acceptors (Lipinski definition) is 6. The average Bonchev–Trinajstić information content (AvgIpc) is 3.12. The van der Waals surface area contributed by atoms with Crippen LogP contribution in [0.15, 0.2) is 109 Å². The maximum Gasteiger partial charge on any atom is 0.336 e. The molecule has 0 aliphatic rings. The van der Waals surface area contributed by atoms with Crippen LogP contribution in [0, 0.1) is 5.92 Å². The first kappa shape index (κ1) is 40.3. The van der Waals surface area contributed by atoms with Gasteiger partial charge in [-0.3, -0.25) is 0 Å². The van der Waals surface area contributed by atoms with Gasteiger partial charge in [-0.25, -0.2) is 9.59 Å². The maximum atomic E-state index is 12.5. The number of hydrogen-bond donors (Lipinski definition) is 2. The monoisotopic (exact) mass is 704 g/mol. The van der Waals surface area contributed by atoms with Gasteiger partial charge in [0.1, 0.15) is 0 Å². The zero-order valence-electron chi connectivity index (χ0n) is 31.7. The quantitative estimate of drug-likeness (QED) is 0.0574. The number of carbonyl (C=O) groups excluding carboxylic acids is 2. The normalized spacial score (nSPS) is 11.8. The summed E-state index contributed by atoms with van der Waals surface area (Å²) >= 11 is 0. The van der Waals surface area contributed by atoms with E-state index in [2.05, 4.69) is 105 Å². The molecule has 0 aliphatic carbocycles. The second kappa shape index (κ2) is 18.3. The summed E-state index contributed by atoms with van der Waals surface area (Å²) in [6, 6.07) is 31.0. The van der Waals surface area contributed by atoms with Crippen molar-refractivity contribution >= 4 is 22.7 Å². The molecule has 0 saturated heterocycles. The number of esters is 2. The Morgan fingerprint density at radius 2 is 1.04 bits per heavy atom. The first-order valence-corrected chi connectivity index (χ1v) is 18.5. The van der Waals surface area contributed by atoms with Crippen LogP contribution in [0.25, 0.3) is 21.9 Å². The molecule has 0 heterocycles. The van der Waals surface area contributed by atoms with Crippen LogP contribution in [-0.4, -0.2) is 46.6 Å². The van der Waals surface area contributed by atoms with Gasteiger partial charge in [0.05, 0.1) is 35.6 Å². The van der Waals surface area contributed by atoms with Gasteiger partial charge in [-0.1, -0.05) is 112 Å². The number of fused-ring (bicyclic) bond motifs is 1. The number of aryl methyl sites for hydroxylation is 4. The van der Waals surface area contributed by atoms with Crippen LogP contribution in [0.5, 0.6) is 0 Å². The van der Waals surface area contributed by atoms with Crippen molar-refractivity contribution in [1.29, 1.82) is 0 Å². The lowest BCUT2D eigenvalue weighted by atomic mass is 9.96. The summed E-state index contributed by atoms with van der Waals surface area (Å²) in [5.74, 6) is -1.73. The van der Waals surface area contributed by atoms with Gasteiger partial charge in [-0.2, -0.15) is 0 Å². The molecule has 276 valence electrons. The molecule has 4 aromatic rings. The Balaban J connectivity index is 1.32. The molecule has 4 aromatic carbocycles. The van der Waals surface area contributed by atoms with Crippen LogP contribution in [-0.2, 0) is 44.7 Å². The predicted octanol–water partition coefficient (Wildman–Crippen LogP) is 9.31. The SMILES string of the molecule is C=C(C(=O)OCC(CCc1ccc(CCc2ccc3cc(-c4ccc(CCCCC)cc4)ccc3c2)cc1)COC(=O)C(=C)C(C)(C)O)C(C)(C)O. The Morgan fingerprint density at radius 3 is 1.60 bits per heavy atom. The molecule has 0 atom stereocenters. The van der Waals surface area contributed by atoms with E-state index in [1.165, 1.54) is 85.5 Å². The standard InChI is InChI=1S/C46H56O6/c1-8-9-10-11-34-20-23-39(24-21-34)41-27-26-40-28-37(22-25-42(40)29-41)18-16-35-12-14-36(15-13-35)17-19-38(30-51-43(47)32(2)45(4,5)49)31-52-44(48)33(3)46(6,7)50/h12-15,20-29,38,49-50H,2-3,8-11,16-19,30-31H2,1,4-7H3. The molecule has 6 heteroatoms. The second-order valence-corrected chi connectivity index (χ2v) is 15.0. The molecule has 0 amide bonds. The second-order valence-electron chi connectivity index (χ2n) is 15.0. The van der Waals surface area contributed by atoms with Gasteiger partial charge in [-0.05, 0) is 116 Å². The lowest BCUT2D eigenvalue weighted by molar-refractivity contribution is -0.146. The maximum absolute atomic E-state index is 12.5. The van der Waals surface area contributed by atoms with Crippen LogP contribution in [0.1, 0.15) is 82.6 Å². The van der Waals surface area contributed by atoms with Crippen molar-refractivity contribution in [3.05, 3.63) is 131 Å². The van der Waals surface area contributed by atoms with Crippen LogP contribution in [0.3, 0.4) is 0 Å². The average molecular weight is 705 g/mol. The van der Waals surface area contributed by atoms with Crippen molar-refractivity contribution in [2.75, 3.05) is 13.2 Å². The van der Waals surface area contributed by atoms with Crippen molar-refractivity contribution in [1.82, 2.24) is 0 Å². The third-order valence-corrected chi connectivity index (χ3v) is 9.70.